The lowest BCUT2D eigenvalue weighted by atomic mass is 9.87. The number of carbonyl (C=O) groups excluding carboxylic acids is 1. The van der Waals surface area contributed by atoms with E-state index in [1.165, 1.54) is 16.9 Å². The highest BCUT2D eigenvalue weighted by Gasteiger charge is 2.14. The first kappa shape index (κ1) is 20.6. The first-order chi connectivity index (χ1) is 13.2. The van der Waals surface area contributed by atoms with Crippen molar-refractivity contribution in [1.82, 2.24) is 4.98 Å². The van der Waals surface area contributed by atoms with Gasteiger partial charge in [0.2, 0.25) is 0 Å². The van der Waals surface area contributed by atoms with Gasteiger partial charge in [0.05, 0.1) is 10.7 Å². The summed E-state index contributed by atoms with van der Waals surface area (Å²) in [5, 5.41) is 6.13. The van der Waals surface area contributed by atoms with Crippen LogP contribution in [0.1, 0.15) is 26.3 Å². The number of hydrogen-bond donors (Lipinski definition) is 1. The number of hydrogen-bond acceptors (Lipinski definition) is 4. The summed E-state index contributed by atoms with van der Waals surface area (Å²) in [6.45, 7) is 6.35. The fourth-order valence-corrected chi connectivity index (χ4v) is 3.74. The number of nitrogens with one attached hydrogen (secondary N) is 1. The van der Waals surface area contributed by atoms with E-state index in [0.717, 1.165) is 5.56 Å². The maximum Gasteiger partial charge on any atom is 0.264 e. The molecule has 3 aromatic rings. The highest BCUT2D eigenvalue weighted by molar-refractivity contribution is 7.14. The molecule has 0 aliphatic carbocycles. The van der Waals surface area contributed by atoms with E-state index in [1.54, 1.807) is 18.2 Å². The summed E-state index contributed by atoms with van der Waals surface area (Å²) in [5.41, 5.74) is 2.73. The van der Waals surface area contributed by atoms with E-state index in [0.29, 0.717) is 26.6 Å². The second-order valence-corrected chi connectivity index (χ2v) is 8.98. The maximum atomic E-state index is 12.2. The number of aromatic nitrogens is 1. The van der Waals surface area contributed by atoms with Crippen molar-refractivity contribution in [2.75, 3.05) is 11.9 Å². The number of ether oxygens (including phenoxy) is 1. The molecule has 0 fully saturated rings. The molecule has 1 amide bonds. The molecular weight excluding hydrogens is 415 g/mol. The number of carbonyl (C=O) groups is 1. The van der Waals surface area contributed by atoms with Gasteiger partial charge in [-0.3, -0.25) is 10.1 Å². The second kappa shape index (κ2) is 8.52. The highest BCUT2D eigenvalue weighted by atomic mass is 35.5. The van der Waals surface area contributed by atoms with Gasteiger partial charge in [-0.05, 0) is 41.3 Å². The molecule has 0 unspecified atom stereocenters. The Kier molecular flexibility index (Phi) is 6.28. The minimum atomic E-state index is -0.275. The van der Waals surface area contributed by atoms with Gasteiger partial charge in [0.15, 0.2) is 11.7 Å². The monoisotopic (exact) mass is 434 g/mol. The van der Waals surface area contributed by atoms with Gasteiger partial charge in [-0.25, -0.2) is 4.98 Å². The molecule has 0 aliphatic heterocycles. The fourth-order valence-electron chi connectivity index (χ4n) is 2.51. The van der Waals surface area contributed by atoms with Crippen LogP contribution >= 0.6 is 34.5 Å². The van der Waals surface area contributed by atoms with Crippen LogP contribution in [0.2, 0.25) is 10.0 Å². The molecule has 0 saturated heterocycles. The number of thiazole rings is 1. The van der Waals surface area contributed by atoms with Crippen molar-refractivity contribution in [3.8, 4) is 17.0 Å². The smallest absolute Gasteiger partial charge is 0.264 e. The van der Waals surface area contributed by atoms with Gasteiger partial charge >= 0.3 is 0 Å². The summed E-state index contributed by atoms with van der Waals surface area (Å²) in [4.78, 5) is 16.6. The van der Waals surface area contributed by atoms with Crippen LogP contribution in [0.4, 0.5) is 5.13 Å². The molecule has 2 aromatic carbocycles. The lowest BCUT2D eigenvalue weighted by Crippen LogP contribution is -2.20. The third-order valence-electron chi connectivity index (χ3n) is 4.05. The number of nitrogens with zero attached hydrogens (tertiary/aromatic N) is 1. The number of amides is 1. The molecule has 0 radical (unpaired) electrons. The zero-order valence-electron chi connectivity index (χ0n) is 15.8. The molecule has 4 nitrogen and oxygen atoms in total. The summed E-state index contributed by atoms with van der Waals surface area (Å²) >= 11 is 13.5. The van der Waals surface area contributed by atoms with Gasteiger partial charge in [-0.1, -0.05) is 56.1 Å². The number of anilines is 1. The minimum absolute atomic E-state index is 0.0748. The van der Waals surface area contributed by atoms with E-state index in [-0.39, 0.29) is 17.9 Å². The molecule has 0 saturated carbocycles. The van der Waals surface area contributed by atoms with Gasteiger partial charge in [0.1, 0.15) is 5.75 Å². The van der Waals surface area contributed by atoms with Crippen molar-refractivity contribution < 1.29 is 9.53 Å². The van der Waals surface area contributed by atoms with Crippen molar-refractivity contribution in [2.45, 2.75) is 26.2 Å². The Balaban J connectivity index is 1.57. The molecule has 7 heteroatoms. The van der Waals surface area contributed by atoms with Gasteiger partial charge in [0.25, 0.3) is 5.91 Å². The first-order valence-electron chi connectivity index (χ1n) is 8.66. The molecule has 0 atom stereocenters. The average molecular weight is 435 g/mol. The zero-order chi connectivity index (χ0) is 20.3. The zero-order valence-corrected chi connectivity index (χ0v) is 18.1. The van der Waals surface area contributed by atoms with E-state index in [2.05, 4.69) is 31.1 Å². The summed E-state index contributed by atoms with van der Waals surface area (Å²) in [6, 6.07) is 13.0. The van der Waals surface area contributed by atoms with Crippen molar-refractivity contribution in [2.24, 2.45) is 0 Å². The average Bonchev–Trinajstić information content (AvgIpc) is 3.07. The van der Waals surface area contributed by atoms with E-state index in [9.17, 15) is 4.79 Å². The molecule has 146 valence electrons. The molecule has 3 rings (SSSR count). The molecular formula is C21H20Cl2N2O2S. The molecule has 28 heavy (non-hydrogen) atoms. The molecule has 0 spiro atoms. The SMILES string of the molecule is CC(C)(C)c1ccc(OCC(=O)Nc2nc(-c3ccc(Cl)cc3Cl)cs2)cc1. The van der Waals surface area contributed by atoms with Gasteiger partial charge in [-0.2, -0.15) is 0 Å². The predicted octanol–water partition coefficient (Wildman–Crippen LogP) is 6.43. The molecule has 1 N–H and O–H groups in total. The highest BCUT2D eigenvalue weighted by Crippen LogP contribution is 2.32. The van der Waals surface area contributed by atoms with Crippen molar-refractivity contribution in [1.29, 1.82) is 0 Å². The van der Waals surface area contributed by atoms with E-state index < -0.39 is 0 Å². The largest absolute Gasteiger partial charge is 0.484 e. The third-order valence-corrected chi connectivity index (χ3v) is 5.35. The van der Waals surface area contributed by atoms with Crippen molar-refractivity contribution in [3.63, 3.8) is 0 Å². The third kappa shape index (κ3) is 5.25. The Labute approximate surface area is 178 Å². The molecule has 0 bridgehead atoms. The van der Waals surface area contributed by atoms with E-state index >= 15 is 0 Å². The second-order valence-electron chi connectivity index (χ2n) is 7.27. The maximum absolute atomic E-state index is 12.2. The van der Waals surface area contributed by atoms with Crippen LogP contribution in [0.25, 0.3) is 11.3 Å². The predicted molar refractivity (Wildman–Crippen MR) is 117 cm³/mol. The van der Waals surface area contributed by atoms with Gasteiger partial charge in [0, 0.05) is 16.0 Å². The Morgan fingerprint density at radius 2 is 1.86 bits per heavy atom. The summed E-state index contributed by atoms with van der Waals surface area (Å²) in [5.74, 6) is 0.374. The van der Waals surface area contributed by atoms with E-state index in [4.69, 9.17) is 27.9 Å². The summed E-state index contributed by atoms with van der Waals surface area (Å²) < 4.78 is 5.56. The Morgan fingerprint density at radius 1 is 1.14 bits per heavy atom. The van der Waals surface area contributed by atoms with Crippen LogP contribution < -0.4 is 10.1 Å². The number of benzene rings is 2. The lowest BCUT2D eigenvalue weighted by Gasteiger charge is -2.19. The van der Waals surface area contributed by atoms with E-state index in [1.807, 2.05) is 29.6 Å². The quantitative estimate of drug-likeness (QED) is 0.502. The fraction of sp³-hybridized carbons (Fsp3) is 0.238. The lowest BCUT2D eigenvalue weighted by molar-refractivity contribution is -0.118. The minimum Gasteiger partial charge on any atom is -0.484 e. The summed E-state index contributed by atoms with van der Waals surface area (Å²) in [6.07, 6.45) is 0. The molecule has 0 aliphatic rings. The van der Waals surface area contributed by atoms with Crippen LogP contribution in [0, 0.1) is 0 Å². The van der Waals surface area contributed by atoms with Crippen LogP contribution in [0.5, 0.6) is 5.75 Å². The Hall–Kier alpha value is -2.08. The topological polar surface area (TPSA) is 51.2 Å². The van der Waals surface area contributed by atoms with Crippen molar-refractivity contribution in [3.05, 3.63) is 63.5 Å². The van der Waals surface area contributed by atoms with Gasteiger partial charge in [-0.15, -0.1) is 11.3 Å². The number of halogens is 2. The molecule has 1 aromatic heterocycles. The summed E-state index contributed by atoms with van der Waals surface area (Å²) in [7, 11) is 0. The normalized spacial score (nSPS) is 11.3. The van der Waals surface area contributed by atoms with Crippen LogP contribution in [0.15, 0.2) is 47.8 Å². The van der Waals surface area contributed by atoms with Crippen LogP contribution in [0.3, 0.4) is 0 Å². The standard InChI is InChI=1S/C21H20Cl2N2O2S/c1-21(2,3)13-4-7-15(8-5-13)27-11-19(26)25-20-24-18(12-28-20)16-9-6-14(22)10-17(16)23/h4-10,12H,11H2,1-3H3,(H,24,25,26). The van der Waals surface area contributed by atoms with Crippen LogP contribution in [-0.2, 0) is 10.2 Å². The Bertz CT molecular complexity index is 979. The Morgan fingerprint density at radius 3 is 2.50 bits per heavy atom. The molecule has 1 heterocycles. The van der Waals surface area contributed by atoms with Crippen molar-refractivity contribution >= 4 is 45.6 Å². The van der Waals surface area contributed by atoms with Gasteiger partial charge < -0.3 is 4.74 Å². The van der Waals surface area contributed by atoms with Crippen LogP contribution in [-0.4, -0.2) is 17.5 Å². The number of rotatable bonds is 5. The first-order valence-corrected chi connectivity index (χ1v) is 10.3.